The summed E-state index contributed by atoms with van der Waals surface area (Å²) < 4.78 is 0. The number of aryl methyl sites for hydroxylation is 1. The molecule has 78 valence electrons. The first-order valence-electron chi connectivity index (χ1n) is 4.99. The van der Waals surface area contributed by atoms with Gasteiger partial charge in [-0.3, -0.25) is 9.78 Å². The van der Waals surface area contributed by atoms with Crippen LogP contribution in [0.4, 0.5) is 0 Å². The highest BCUT2D eigenvalue weighted by Crippen LogP contribution is 2.19. The van der Waals surface area contributed by atoms with Crippen molar-refractivity contribution >= 4 is 21.8 Å². The number of fused-ring (bicyclic) bond motifs is 3. The number of hydrogen-bond donors (Lipinski definition) is 1. The Morgan fingerprint density at radius 1 is 1.12 bits per heavy atom. The lowest BCUT2D eigenvalue weighted by atomic mass is 10.1. The summed E-state index contributed by atoms with van der Waals surface area (Å²) in [5, 5.41) is 1.57. The minimum Gasteiger partial charge on any atom is -0.313 e. The second-order valence-corrected chi connectivity index (χ2v) is 3.72. The lowest BCUT2D eigenvalue weighted by Crippen LogP contribution is -2.06. The van der Waals surface area contributed by atoms with Gasteiger partial charge in [0.05, 0.1) is 17.2 Å². The molecular formula is C12H9N3O. The number of rotatable bonds is 0. The summed E-state index contributed by atoms with van der Waals surface area (Å²) in [5.41, 5.74) is 2.23. The van der Waals surface area contributed by atoms with E-state index in [0.717, 1.165) is 16.6 Å². The SMILES string of the molecule is Cc1ccc2ccc3c(=O)[nH]cnc3c2n1. The fraction of sp³-hybridized carbons (Fsp3) is 0.0833. The molecule has 0 amide bonds. The molecule has 0 aliphatic heterocycles. The summed E-state index contributed by atoms with van der Waals surface area (Å²) in [5.74, 6) is 0. The topological polar surface area (TPSA) is 58.6 Å². The van der Waals surface area contributed by atoms with E-state index in [9.17, 15) is 4.79 Å². The van der Waals surface area contributed by atoms with Crippen LogP contribution in [0.15, 0.2) is 35.4 Å². The van der Waals surface area contributed by atoms with Crippen LogP contribution in [0.2, 0.25) is 0 Å². The van der Waals surface area contributed by atoms with Gasteiger partial charge in [0.1, 0.15) is 5.52 Å². The molecule has 16 heavy (non-hydrogen) atoms. The van der Waals surface area contributed by atoms with Gasteiger partial charge in [0.25, 0.3) is 5.56 Å². The van der Waals surface area contributed by atoms with Gasteiger partial charge in [-0.25, -0.2) is 4.98 Å². The molecule has 0 spiro atoms. The van der Waals surface area contributed by atoms with Crippen molar-refractivity contribution in [1.82, 2.24) is 15.0 Å². The first-order valence-corrected chi connectivity index (χ1v) is 4.99. The minimum atomic E-state index is -0.129. The van der Waals surface area contributed by atoms with Gasteiger partial charge >= 0.3 is 0 Å². The van der Waals surface area contributed by atoms with Crippen molar-refractivity contribution in [2.75, 3.05) is 0 Å². The molecule has 2 aromatic heterocycles. The van der Waals surface area contributed by atoms with Gasteiger partial charge in [0.2, 0.25) is 0 Å². The maximum absolute atomic E-state index is 11.6. The summed E-state index contributed by atoms with van der Waals surface area (Å²) in [6.07, 6.45) is 1.41. The molecule has 3 aromatic rings. The standard InChI is InChI=1S/C12H9N3O/c1-7-2-3-8-4-5-9-11(10(8)15-7)13-6-14-12(9)16/h2-6H,1H3,(H,13,14,16). The molecule has 3 rings (SSSR count). The summed E-state index contributed by atoms with van der Waals surface area (Å²) in [6, 6.07) is 7.60. The van der Waals surface area contributed by atoms with Crippen molar-refractivity contribution in [2.24, 2.45) is 0 Å². The van der Waals surface area contributed by atoms with Crippen LogP contribution in [-0.2, 0) is 0 Å². The van der Waals surface area contributed by atoms with Crippen LogP contribution in [0.1, 0.15) is 5.69 Å². The fourth-order valence-electron chi connectivity index (χ4n) is 1.82. The predicted molar refractivity (Wildman–Crippen MR) is 62.4 cm³/mol. The van der Waals surface area contributed by atoms with E-state index < -0.39 is 0 Å². The highest BCUT2D eigenvalue weighted by Gasteiger charge is 2.05. The van der Waals surface area contributed by atoms with E-state index in [-0.39, 0.29) is 5.56 Å². The third-order valence-corrected chi connectivity index (χ3v) is 2.61. The zero-order valence-electron chi connectivity index (χ0n) is 8.69. The van der Waals surface area contributed by atoms with Crippen molar-refractivity contribution in [2.45, 2.75) is 6.92 Å². The number of H-pyrrole nitrogens is 1. The molecular weight excluding hydrogens is 202 g/mol. The molecule has 0 atom stereocenters. The Morgan fingerprint density at radius 3 is 2.81 bits per heavy atom. The average Bonchev–Trinajstić information content (AvgIpc) is 2.29. The predicted octanol–water partition coefficient (Wildman–Crippen LogP) is 1.78. The fourth-order valence-corrected chi connectivity index (χ4v) is 1.82. The number of nitrogens with zero attached hydrogens (tertiary/aromatic N) is 2. The van der Waals surface area contributed by atoms with Crippen molar-refractivity contribution in [3.8, 4) is 0 Å². The zero-order valence-corrected chi connectivity index (χ0v) is 8.69. The lowest BCUT2D eigenvalue weighted by molar-refractivity contribution is 1.17. The molecule has 0 aliphatic rings. The number of aromatic amines is 1. The van der Waals surface area contributed by atoms with Crippen LogP contribution in [0.5, 0.6) is 0 Å². The summed E-state index contributed by atoms with van der Waals surface area (Å²) in [6.45, 7) is 1.92. The van der Waals surface area contributed by atoms with E-state index in [4.69, 9.17) is 0 Å². The maximum atomic E-state index is 11.6. The van der Waals surface area contributed by atoms with E-state index in [1.165, 1.54) is 6.33 Å². The molecule has 0 fully saturated rings. The Balaban J connectivity index is 2.63. The van der Waals surface area contributed by atoms with Crippen LogP contribution in [0.25, 0.3) is 21.8 Å². The average molecular weight is 211 g/mol. The number of benzene rings is 1. The highest BCUT2D eigenvalue weighted by atomic mass is 16.1. The molecule has 0 saturated heterocycles. The summed E-state index contributed by atoms with van der Waals surface area (Å²) in [7, 11) is 0. The minimum absolute atomic E-state index is 0.129. The van der Waals surface area contributed by atoms with Crippen LogP contribution >= 0.6 is 0 Å². The molecule has 4 nitrogen and oxygen atoms in total. The first-order chi connectivity index (χ1) is 7.75. The van der Waals surface area contributed by atoms with Crippen molar-refractivity contribution in [3.63, 3.8) is 0 Å². The van der Waals surface area contributed by atoms with Crippen molar-refractivity contribution in [3.05, 3.63) is 46.6 Å². The molecule has 2 heterocycles. The maximum Gasteiger partial charge on any atom is 0.258 e. The van der Waals surface area contributed by atoms with Gasteiger partial charge in [0, 0.05) is 11.1 Å². The second kappa shape index (κ2) is 3.13. The molecule has 4 heteroatoms. The largest absolute Gasteiger partial charge is 0.313 e. The Morgan fingerprint density at radius 2 is 1.94 bits per heavy atom. The van der Waals surface area contributed by atoms with Gasteiger partial charge < -0.3 is 4.98 Å². The van der Waals surface area contributed by atoms with Gasteiger partial charge in [-0.15, -0.1) is 0 Å². The van der Waals surface area contributed by atoms with E-state index in [0.29, 0.717) is 10.9 Å². The Bertz CT molecular complexity index is 746. The Hall–Kier alpha value is -2.23. The van der Waals surface area contributed by atoms with Crippen molar-refractivity contribution < 1.29 is 0 Å². The molecule has 1 aromatic carbocycles. The number of pyridine rings is 1. The van der Waals surface area contributed by atoms with E-state index in [2.05, 4.69) is 15.0 Å². The Labute approximate surface area is 91.0 Å². The molecule has 0 saturated carbocycles. The number of aromatic nitrogens is 3. The van der Waals surface area contributed by atoms with Gasteiger partial charge in [-0.1, -0.05) is 12.1 Å². The first kappa shape index (κ1) is 9.03. The van der Waals surface area contributed by atoms with Gasteiger partial charge in [-0.05, 0) is 19.1 Å². The monoisotopic (exact) mass is 211 g/mol. The van der Waals surface area contributed by atoms with E-state index in [1.54, 1.807) is 6.07 Å². The van der Waals surface area contributed by atoms with Crippen LogP contribution < -0.4 is 5.56 Å². The quantitative estimate of drug-likeness (QED) is 0.576. The Kier molecular flexibility index (Phi) is 1.77. The summed E-state index contributed by atoms with van der Waals surface area (Å²) >= 11 is 0. The van der Waals surface area contributed by atoms with E-state index in [1.807, 2.05) is 25.1 Å². The molecule has 0 bridgehead atoms. The van der Waals surface area contributed by atoms with E-state index >= 15 is 0 Å². The summed E-state index contributed by atoms with van der Waals surface area (Å²) in [4.78, 5) is 22.8. The number of nitrogens with one attached hydrogen (secondary N) is 1. The second-order valence-electron chi connectivity index (χ2n) is 3.72. The highest BCUT2D eigenvalue weighted by molar-refractivity contribution is 6.02. The molecule has 1 N–H and O–H groups in total. The molecule has 0 radical (unpaired) electrons. The zero-order chi connectivity index (χ0) is 11.1. The molecule has 0 aliphatic carbocycles. The van der Waals surface area contributed by atoms with Gasteiger partial charge in [0.15, 0.2) is 0 Å². The van der Waals surface area contributed by atoms with Gasteiger partial charge in [-0.2, -0.15) is 0 Å². The van der Waals surface area contributed by atoms with Crippen LogP contribution in [-0.4, -0.2) is 15.0 Å². The van der Waals surface area contributed by atoms with Crippen LogP contribution in [0, 0.1) is 6.92 Å². The molecule has 0 unspecified atom stereocenters. The normalized spacial score (nSPS) is 11.1. The van der Waals surface area contributed by atoms with Crippen LogP contribution in [0.3, 0.4) is 0 Å². The number of hydrogen-bond acceptors (Lipinski definition) is 3. The smallest absolute Gasteiger partial charge is 0.258 e. The third kappa shape index (κ3) is 1.20. The lowest BCUT2D eigenvalue weighted by Gasteiger charge is -2.01. The third-order valence-electron chi connectivity index (χ3n) is 2.61. The van der Waals surface area contributed by atoms with Crippen molar-refractivity contribution in [1.29, 1.82) is 0 Å².